The molecule has 7 nitrogen and oxygen atoms in total. The number of rotatable bonds is 15. The lowest BCUT2D eigenvalue weighted by atomic mass is 10.1. The fraction of sp³-hybridized carbons (Fsp3) is 0.464. The van der Waals surface area contributed by atoms with Gasteiger partial charge in [0.25, 0.3) is 0 Å². The number of unbranched alkanes of at least 4 members (excludes halogenated alkanes) is 1. The van der Waals surface area contributed by atoms with Crippen molar-refractivity contribution in [3.63, 3.8) is 0 Å². The average molecular weight is 482 g/mol. The van der Waals surface area contributed by atoms with Gasteiger partial charge >= 0.3 is 0 Å². The fourth-order valence-electron chi connectivity index (χ4n) is 4.00. The Balaban J connectivity index is 1.87. The van der Waals surface area contributed by atoms with E-state index < -0.39 is 6.10 Å². The van der Waals surface area contributed by atoms with Crippen molar-refractivity contribution in [2.45, 2.75) is 45.8 Å². The minimum absolute atomic E-state index is 0.341. The maximum absolute atomic E-state index is 10.6. The van der Waals surface area contributed by atoms with Crippen LogP contribution in [0.4, 0.5) is 0 Å². The molecule has 3 aromatic rings. The molecule has 1 heterocycles. The minimum Gasteiger partial charge on any atom is -0.497 e. The maximum Gasteiger partial charge on any atom is 0.222 e. The Bertz CT molecular complexity index is 1010. The third-order valence-electron chi connectivity index (χ3n) is 5.75. The van der Waals surface area contributed by atoms with E-state index in [4.69, 9.17) is 19.3 Å². The molecule has 1 N–H and O–H groups in total. The summed E-state index contributed by atoms with van der Waals surface area (Å²) >= 11 is 0. The number of hydrogen-bond acceptors (Lipinski definition) is 6. The molecule has 1 unspecified atom stereocenters. The van der Waals surface area contributed by atoms with Gasteiger partial charge in [0.2, 0.25) is 5.88 Å². The summed E-state index contributed by atoms with van der Waals surface area (Å²) in [5.74, 6) is 2.17. The summed E-state index contributed by atoms with van der Waals surface area (Å²) in [5, 5.41) is 15.5. The molecule has 3 rings (SSSR count). The second-order valence-corrected chi connectivity index (χ2v) is 8.72. The van der Waals surface area contributed by atoms with Gasteiger partial charge in [-0.05, 0) is 43.7 Å². The van der Waals surface area contributed by atoms with E-state index in [1.165, 1.54) is 0 Å². The molecule has 190 valence electrons. The quantitative estimate of drug-likeness (QED) is 0.298. The summed E-state index contributed by atoms with van der Waals surface area (Å²) < 4.78 is 19.1. The fourth-order valence-corrected chi connectivity index (χ4v) is 4.00. The van der Waals surface area contributed by atoms with Gasteiger partial charge in [-0.15, -0.1) is 0 Å². The lowest BCUT2D eigenvalue weighted by Gasteiger charge is -2.25. The Morgan fingerprint density at radius 3 is 2.37 bits per heavy atom. The molecule has 0 radical (unpaired) electrons. The highest BCUT2D eigenvalue weighted by atomic mass is 16.5. The average Bonchev–Trinajstić information content (AvgIpc) is 3.17. The summed E-state index contributed by atoms with van der Waals surface area (Å²) in [6.07, 6.45) is 2.51. The van der Waals surface area contributed by atoms with Gasteiger partial charge < -0.3 is 19.3 Å². The zero-order valence-electron chi connectivity index (χ0n) is 21.4. The molecule has 0 aliphatic rings. The van der Waals surface area contributed by atoms with E-state index >= 15 is 0 Å². The van der Waals surface area contributed by atoms with Gasteiger partial charge in [0.15, 0.2) is 0 Å². The Morgan fingerprint density at radius 1 is 1.00 bits per heavy atom. The molecule has 1 atom stereocenters. The van der Waals surface area contributed by atoms with Crippen LogP contribution in [0.5, 0.6) is 17.4 Å². The topological polar surface area (TPSA) is 69.0 Å². The van der Waals surface area contributed by atoms with E-state index in [0.717, 1.165) is 48.4 Å². The van der Waals surface area contributed by atoms with Crippen LogP contribution in [-0.2, 0) is 18.3 Å². The smallest absolute Gasteiger partial charge is 0.222 e. The molecule has 0 aliphatic heterocycles. The van der Waals surface area contributed by atoms with Gasteiger partial charge in [0, 0.05) is 32.3 Å². The number of ether oxygens (including phenoxy) is 3. The number of aliphatic hydroxyl groups is 1. The monoisotopic (exact) mass is 481 g/mol. The molecule has 0 spiro atoms. The van der Waals surface area contributed by atoms with Gasteiger partial charge in [0.05, 0.1) is 25.4 Å². The Hall–Kier alpha value is -2.87. The van der Waals surface area contributed by atoms with Crippen LogP contribution >= 0.6 is 0 Å². The summed E-state index contributed by atoms with van der Waals surface area (Å²) in [6.45, 7) is 7.27. The van der Waals surface area contributed by atoms with Crippen LogP contribution in [0.3, 0.4) is 0 Å². The predicted octanol–water partition coefficient (Wildman–Crippen LogP) is 5.28. The third-order valence-corrected chi connectivity index (χ3v) is 5.75. The highest BCUT2D eigenvalue weighted by Gasteiger charge is 2.23. The summed E-state index contributed by atoms with van der Waals surface area (Å²) in [6, 6.07) is 17.7. The summed E-state index contributed by atoms with van der Waals surface area (Å²) in [5.41, 5.74) is 2.90. The van der Waals surface area contributed by atoms with Crippen LogP contribution in [-0.4, -0.2) is 59.3 Å². The van der Waals surface area contributed by atoms with Crippen LogP contribution in [0.15, 0.2) is 54.6 Å². The highest BCUT2D eigenvalue weighted by Crippen LogP contribution is 2.34. The standard InChI is InChI=1S/C28H39N3O4/c1-5-7-18-34-21-23(32)19-31(17-6-2)20-26-27(22-11-9-8-10-12-22)29-30(3)28(26)35-25-15-13-24(33-4)14-16-25/h8-16,23,32H,5-7,17-21H2,1-4H3. The van der Waals surface area contributed by atoms with Gasteiger partial charge in [-0.2, -0.15) is 5.10 Å². The van der Waals surface area contributed by atoms with Crippen LogP contribution in [0.1, 0.15) is 38.7 Å². The molecule has 2 aromatic carbocycles. The number of nitrogens with zero attached hydrogens (tertiary/aromatic N) is 3. The van der Waals surface area contributed by atoms with E-state index in [9.17, 15) is 5.11 Å². The number of methoxy groups -OCH3 is 1. The van der Waals surface area contributed by atoms with Crippen molar-refractivity contribution in [3.8, 4) is 28.6 Å². The van der Waals surface area contributed by atoms with Crippen molar-refractivity contribution in [3.05, 3.63) is 60.2 Å². The van der Waals surface area contributed by atoms with Gasteiger partial charge in [-0.3, -0.25) is 4.90 Å². The molecular weight excluding hydrogens is 442 g/mol. The first-order valence-electron chi connectivity index (χ1n) is 12.5. The van der Waals surface area contributed by atoms with Gasteiger partial charge in [-0.25, -0.2) is 4.68 Å². The molecule has 0 fully saturated rings. The van der Waals surface area contributed by atoms with Crippen molar-refractivity contribution >= 4 is 0 Å². The van der Waals surface area contributed by atoms with Crippen LogP contribution in [0.25, 0.3) is 11.3 Å². The van der Waals surface area contributed by atoms with Crippen molar-refractivity contribution in [1.29, 1.82) is 0 Å². The molecule has 0 amide bonds. The first kappa shape index (κ1) is 26.7. The second-order valence-electron chi connectivity index (χ2n) is 8.72. The minimum atomic E-state index is -0.554. The molecule has 7 heteroatoms. The molecule has 0 saturated carbocycles. The van der Waals surface area contributed by atoms with Crippen LogP contribution in [0.2, 0.25) is 0 Å². The SMILES string of the molecule is CCCCOCC(O)CN(CCC)Cc1c(-c2ccccc2)nn(C)c1Oc1ccc(OC)cc1. The molecule has 0 bridgehead atoms. The van der Waals surface area contributed by atoms with Crippen LogP contribution in [0, 0.1) is 0 Å². The number of hydrogen-bond donors (Lipinski definition) is 1. The highest BCUT2D eigenvalue weighted by molar-refractivity contribution is 5.65. The van der Waals surface area contributed by atoms with Gasteiger partial charge in [-0.1, -0.05) is 50.6 Å². The number of aliphatic hydroxyl groups excluding tert-OH is 1. The number of aromatic nitrogens is 2. The number of benzene rings is 2. The molecule has 0 aliphatic carbocycles. The molecular formula is C28H39N3O4. The predicted molar refractivity (Wildman–Crippen MR) is 139 cm³/mol. The van der Waals surface area contributed by atoms with Crippen LogP contribution < -0.4 is 9.47 Å². The van der Waals surface area contributed by atoms with E-state index in [1.807, 2.05) is 49.5 Å². The van der Waals surface area contributed by atoms with Crippen molar-refractivity contribution in [1.82, 2.24) is 14.7 Å². The molecule has 0 saturated heterocycles. The van der Waals surface area contributed by atoms with Crippen molar-refractivity contribution in [2.24, 2.45) is 7.05 Å². The van der Waals surface area contributed by atoms with Crippen molar-refractivity contribution < 1.29 is 19.3 Å². The maximum atomic E-state index is 10.6. The lowest BCUT2D eigenvalue weighted by molar-refractivity contribution is 0.0143. The second kappa shape index (κ2) is 13.9. The Morgan fingerprint density at radius 2 is 1.71 bits per heavy atom. The largest absolute Gasteiger partial charge is 0.497 e. The summed E-state index contributed by atoms with van der Waals surface area (Å²) in [7, 11) is 3.54. The van der Waals surface area contributed by atoms with E-state index in [1.54, 1.807) is 11.8 Å². The van der Waals surface area contributed by atoms with E-state index in [2.05, 4.69) is 30.9 Å². The zero-order chi connectivity index (χ0) is 25.0. The van der Waals surface area contributed by atoms with Crippen molar-refractivity contribution in [2.75, 3.05) is 33.4 Å². The summed E-state index contributed by atoms with van der Waals surface area (Å²) in [4.78, 5) is 2.25. The third kappa shape index (κ3) is 7.82. The normalized spacial score (nSPS) is 12.2. The van der Waals surface area contributed by atoms with Gasteiger partial charge in [0.1, 0.15) is 17.2 Å². The molecule has 1 aromatic heterocycles. The number of aryl methyl sites for hydroxylation is 1. The Labute approximate surface area is 209 Å². The zero-order valence-corrected chi connectivity index (χ0v) is 21.4. The first-order valence-corrected chi connectivity index (χ1v) is 12.5. The molecule has 35 heavy (non-hydrogen) atoms. The van der Waals surface area contributed by atoms with E-state index in [0.29, 0.717) is 37.9 Å². The lowest BCUT2D eigenvalue weighted by Crippen LogP contribution is -2.35. The van der Waals surface area contributed by atoms with E-state index in [-0.39, 0.29) is 0 Å². The Kier molecular flexibility index (Phi) is 10.6. The first-order chi connectivity index (χ1) is 17.0.